The molecule has 1 saturated heterocycles. The third kappa shape index (κ3) is 3.72. The molecule has 0 bridgehead atoms. The van der Waals surface area contributed by atoms with E-state index in [2.05, 4.69) is 15.2 Å². The molecule has 1 aliphatic carbocycles. The van der Waals surface area contributed by atoms with E-state index in [9.17, 15) is 4.79 Å². The molecule has 1 spiro atoms. The largest absolute Gasteiger partial charge is 0.356 e. The molecule has 4 rings (SSSR count). The number of rotatable bonds is 4. The summed E-state index contributed by atoms with van der Waals surface area (Å²) in [6, 6.07) is 3.67. The average Bonchev–Trinajstić information content (AvgIpc) is 3.45. The highest BCUT2D eigenvalue weighted by Crippen LogP contribution is 2.54. The number of hydrogen-bond donors (Lipinski definition) is 1. The summed E-state index contributed by atoms with van der Waals surface area (Å²) < 4.78 is 0. The highest BCUT2D eigenvalue weighted by molar-refractivity contribution is 7.98. The van der Waals surface area contributed by atoms with Crippen molar-refractivity contribution in [2.75, 3.05) is 29.6 Å². The average molecular weight is 417 g/mol. The lowest BCUT2D eigenvalue weighted by molar-refractivity contribution is 0.102. The van der Waals surface area contributed by atoms with Gasteiger partial charge in [0.2, 0.25) is 0 Å². The standard InChI is InChI=1S/C21H25ClN4OS/c1-13-17(20(27)25-15-4-9-23-16(12-15)28-3)19(24-14(2)18(13)22)26-10-7-21(5-6-21)8-11-26/h4,9,12H,5-8,10-11H2,1-3H3,(H,23,25,27). The summed E-state index contributed by atoms with van der Waals surface area (Å²) in [5, 5.41) is 4.43. The lowest BCUT2D eigenvalue weighted by Gasteiger charge is -2.34. The van der Waals surface area contributed by atoms with Gasteiger partial charge in [0, 0.05) is 25.0 Å². The van der Waals surface area contributed by atoms with Crippen LogP contribution in [0.2, 0.25) is 5.02 Å². The predicted molar refractivity (Wildman–Crippen MR) is 116 cm³/mol. The Morgan fingerprint density at radius 3 is 2.61 bits per heavy atom. The van der Waals surface area contributed by atoms with Crippen LogP contribution >= 0.6 is 23.4 Å². The molecular weight excluding hydrogens is 392 g/mol. The summed E-state index contributed by atoms with van der Waals surface area (Å²) in [5.41, 5.74) is 3.42. The van der Waals surface area contributed by atoms with Crippen molar-refractivity contribution in [3.8, 4) is 0 Å². The van der Waals surface area contributed by atoms with Gasteiger partial charge >= 0.3 is 0 Å². The van der Waals surface area contributed by atoms with E-state index < -0.39 is 0 Å². The van der Waals surface area contributed by atoms with Gasteiger partial charge in [-0.1, -0.05) is 11.6 Å². The molecule has 2 aliphatic rings. The third-order valence-electron chi connectivity index (χ3n) is 6.03. The van der Waals surface area contributed by atoms with E-state index in [1.807, 2.05) is 26.2 Å². The fourth-order valence-corrected chi connectivity index (χ4v) is 4.52. The quantitative estimate of drug-likeness (QED) is 0.702. The molecule has 28 heavy (non-hydrogen) atoms. The van der Waals surface area contributed by atoms with Crippen LogP contribution in [0.25, 0.3) is 0 Å². The number of amides is 1. The van der Waals surface area contributed by atoms with Gasteiger partial charge in [0.15, 0.2) is 0 Å². The van der Waals surface area contributed by atoms with Crippen molar-refractivity contribution in [3.63, 3.8) is 0 Å². The number of anilines is 2. The number of carbonyl (C=O) groups is 1. The first-order valence-corrected chi connectivity index (χ1v) is 11.3. The van der Waals surface area contributed by atoms with Crippen LogP contribution in [0.5, 0.6) is 0 Å². The number of pyridine rings is 2. The first kappa shape index (κ1) is 19.5. The minimum Gasteiger partial charge on any atom is -0.356 e. The maximum absolute atomic E-state index is 13.2. The molecule has 148 valence electrons. The van der Waals surface area contributed by atoms with Crippen molar-refractivity contribution in [2.24, 2.45) is 5.41 Å². The number of piperidine rings is 1. The highest BCUT2D eigenvalue weighted by atomic mass is 35.5. The third-order valence-corrected chi connectivity index (χ3v) is 7.23. The second kappa shape index (κ2) is 7.56. The summed E-state index contributed by atoms with van der Waals surface area (Å²) in [6.07, 6.45) is 8.72. The normalized spacial score (nSPS) is 17.6. The van der Waals surface area contributed by atoms with Gasteiger partial charge in [0.25, 0.3) is 5.91 Å². The van der Waals surface area contributed by atoms with Crippen LogP contribution in [0.4, 0.5) is 11.5 Å². The fraction of sp³-hybridized carbons (Fsp3) is 0.476. The van der Waals surface area contributed by atoms with Gasteiger partial charge in [0.05, 0.1) is 21.3 Å². The van der Waals surface area contributed by atoms with E-state index >= 15 is 0 Å². The van der Waals surface area contributed by atoms with Gasteiger partial charge in [-0.25, -0.2) is 9.97 Å². The zero-order valence-electron chi connectivity index (χ0n) is 16.5. The molecule has 1 amide bonds. The molecule has 3 heterocycles. The summed E-state index contributed by atoms with van der Waals surface area (Å²) >= 11 is 8.01. The maximum Gasteiger partial charge on any atom is 0.259 e. The van der Waals surface area contributed by atoms with Gasteiger partial charge in [-0.15, -0.1) is 11.8 Å². The lowest BCUT2D eigenvalue weighted by Crippen LogP contribution is -2.36. The van der Waals surface area contributed by atoms with Crippen molar-refractivity contribution in [3.05, 3.63) is 40.2 Å². The van der Waals surface area contributed by atoms with Crippen molar-refractivity contribution >= 4 is 40.8 Å². The van der Waals surface area contributed by atoms with E-state index in [1.54, 1.807) is 24.0 Å². The summed E-state index contributed by atoms with van der Waals surface area (Å²) in [5.74, 6) is 0.582. The molecule has 2 fully saturated rings. The second-order valence-electron chi connectivity index (χ2n) is 7.86. The predicted octanol–water partition coefficient (Wildman–Crippen LogP) is 5.10. The molecule has 0 atom stereocenters. The SMILES string of the molecule is CSc1cc(NC(=O)c2c(N3CCC4(CC3)CC4)nc(C)c(Cl)c2C)ccn1. The lowest BCUT2D eigenvalue weighted by atomic mass is 9.93. The van der Waals surface area contributed by atoms with E-state index in [0.29, 0.717) is 16.0 Å². The molecule has 1 N–H and O–H groups in total. The Hall–Kier alpha value is -1.79. The fourth-order valence-electron chi connectivity index (χ4n) is 3.98. The molecule has 0 unspecified atom stereocenters. The Morgan fingerprint density at radius 2 is 1.96 bits per heavy atom. The topological polar surface area (TPSA) is 58.1 Å². The zero-order valence-corrected chi connectivity index (χ0v) is 18.1. The van der Waals surface area contributed by atoms with Crippen molar-refractivity contribution in [1.82, 2.24) is 9.97 Å². The first-order valence-electron chi connectivity index (χ1n) is 9.65. The van der Waals surface area contributed by atoms with Crippen molar-refractivity contribution in [2.45, 2.75) is 44.6 Å². The number of aryl methyl sites for hydroxylation is 1. The van der Waals surface area contributed by atoms with Crippen LogP contribution in [-0.4, -0.2) is 35.2 Å². The Labute approximate surface area is 175 Å². The van der Waals surface area contributed by atoms with E-state index in [0.717, 1.165) is 40.9 Å². The van der Waals surface area contributed by atoms with Crippen LogP contribution in [0, 0.1) is 19.3 Å². The number of halogens is 1. The molecular formula is C21H25ClN4OS. The van der Waals surface area contributed by atoms with Crippen LogP contribution < -0.4 is 10.2 Å². The smallest absolute Gasteiger partial charge is 0.259 e. The van der Waals surface area contributed by atoms with Gasteiger partial charge in [-0.05, 0) is 68.9 Å². The molecule has 2 aromatic rings. The van der Waals surface area contributed by atoms with Crippen molar-refractivity contribution in [1.29, 1.82) is 0 Å². The number of hydrogen-bond acceptors (Lipinski definition) is 5. The zero-order chi connectivity index (χ0) is 19.9. The number of thioether (sulfide) groups is 1. The van der Waals surface area contributed by atoms with E-state index in [4.69, 9.17) is 16.6 Å². The number of nitrogens with one attached hydrogen (secondary N) is 1. The monoisotopic (exact) mass is 416 g/mol. The number of aromatic nitrogens is 2. The Morgan fingerprint density at radius 1 is 1.25 bits per heavy atom. The van der Waals surface area contributed by atoms with Crippen LogP contribution in [0.15, 0.2) is 23.4 Å². The number of carbonyl (C=O) groups excluding carboxylic acids is 1. The molecule has 1 aliphatic heterocycles. The van der Waals surface area contributed by atoms with Gasteiger partial charge < -0.3 is 10.2 Å². The molecule has 0 aromatic carbocycles. The Bertz CT molecular complexity index is 919. The minimum absolute atomic E-state index is 0.174. The Kier molecular flexibility index (Phi) is 5.27. The summed E-state index contributed by atoms with van der Waals surface area (Å²) in [7, 11) is 0. The highest BCUT2D eigenvalue weighted by Gasteiger charge is 2.45. The molecule has 7 heteroatoms. The van der Waals surface area contributed by atoms with Gasteiger partial charge in [-0.2, -0.15) is 0 Å². The maximum atomic E-state index is 13.2. The van der Waals surface area contributed by atoms with Crippen LogP contribution in [0.1, 0.15) is 47.3 Å². The van der Waals surface area contributed by atoms with Crippen LogP contribution in [-0.2, 0) is 0 Å². The molecule has 2 aromatic heterocycles. The van der Waals surface area contributed by atoms with Gasteiger partial charge in [-0.3, -0.25) is 4.79 Å². The minimum atomic E-state index is -0.174. The van der Waals surface area contributed by atoms with Crippen LogP contribution in [0.3, 0.4) is 0 Å². The molecule has 1 saturated carbocycles. The van der Waals surface area contributed by atoms with E-state index in [1.165, 1.54) is 25.7 Å². The van der Waals surface area contributed by atoms with Gasteiger partial charge in [0.1, 0.15) is 5.82 Å². The molecule has 5 nitrogen and oxygen atoms in total. The second-order valence-corrected chi connectivity index (χ2v) is 9.07. The molecule has 0 radical (unpaired) electrons. The first-order chi connectivity index (χ1) is 13.4. The summed E-state index contributed by atoms with van der Waals surface area (Å²) in [6.45, 7) is 5.70. The Balaban J connectivity index is 1.66. The summed E-state index contributed by atoms with van der Waals surface area (Å²) in [4.78, 5) is 24.5. The number of nitrogens with zero attached hydrogens (tertiary/aromatic N) is 3. The van der Waals surface area contributed by atoms with E-state index in [-0.39, 0.29) is 5.91 Å². The van der Waals surface area contributed by atoms with Crippen molar-refractivity contribution < 1.29 is 4.79 Å².